The Bertz CT molecular complexity index is 422. The number of nitrogens with zero attached hydrogens (tertiary/aromatic N) is 1. The fraction of sp³-hybridized carbons (Fsp3) is 0.562. The van der Waals surface area contributed by atoms with Gasteiger partial charge in [-0.25, -0.2) is 0 Å². The summed E-state index contributed by atoms with van der Waals surface area (Å²) in [6.45, 7) is 5.01. The number of oxime groups is 1. The second kappa shape index (κ2) is 8.64. The van der Waals surface area contributed by atoms with Gasteiger partial charge in [0.2, 0.25) is 0 Å². The van der Waals surface area contributed by atoms with Gasteiger partial charge in [0.1, 0.15) is 5.84 Å². The lowest BCUT2D eigenvalue weighted by atomic mass is 9.82. The molecule has 0 fully saturated rings. The van der Waals surface area contributed by atoms with Gasteiger partial charge in [0.15, 0.2) is 0 Å². The number of aliphatic hydroxyl groups excluding tert-OH is 1. The van der Waals surface area contributed by atoms with Gasteiger partial charge in [0.25, 0.3) is 0 Å². The summed E-state index contributed by atoms with van der Waals surface area (Å²) in [5, 5.41) is 25.0. The van der Waals surface area contributed by atoms with Crippen LogP contribution in [0.2, 0.25) is 0 Å². The van der Waals surface area contributed by atoms with Crippen LogP contribution in [0.3, 0.4) is 0 Å². The van der Waals surface area contributed by atoms with Crippen molar-refractivity contribution in [1.82, 2.24) is 5.32 Å². The molecule has 0 amide bonds. The summed E-state index contributed by atoms with van der Waals surface area (Å²) in [4.78, 5) is 0. The largest absolute Gasteiger partial charge is 0.409 e. The molecule has 0 heterocycles. The van der Waals surface area contributed by atoms with E-state index in [1.165, 1.54) is 0 Å². The van der Waals surface area contributed by atoms with Crippen molar-refractivity contribution in [2.24, 2.45) is 16.3 Å². The number of hydrogen-bond donors (Lipinski definition) is 4. The molecule has 0 aliphatic carbocycles. The van der Waals surface area contributed by atoms with Gasteiger partial charge in [-0.05, 0) is 18.4 Å². The number of hydrogen-bond acceptors (Lipinski definition) is 4. The van der Waals surface area contributed by atoms with Gasteiger partial charge in [-0.1, -0.05) is 49.3 Å². The van der Waals surface area contributed by atoms with E-state index in [9.17, 15) is 5.11 Å². The average Bonchev–Trinajstić information content (AvgIpc) is 2.56. The van der Waals surface area contributed by atoms with E-state index >= 15 is 0 Å². The van der Waals surface area contributed by atoms with Gasteiger partial charge in [0, 0.05) is 31.0 Å². The molecule has 1 aromatic carbocycles. The van der Waals surface area contributed by atoms with Gasteiger partial charge < -0.3 is 21.4 Å². The fourth-order valence-corrected chi connectivity index (χ4v) is 2.36. The Kier molecular flexibility index (Phi) is 7.19. The molecular weight excluding hydrogens is 266 g/mol. The van der Waals surface area contributed by atoms with E-state index in [0.717, 1.165) is 18.4 Å². The third kappa shape index (κ3) is 5.02. The molecule has 1 rings (SSSR count). The first-order chi connectivity index (χ1) is 10.1. The lowest BCUT2D eigenvalue weighted by Gasteiger charge is -2.32. The highest BCUT2D eigenvalue weighted by atomic mass is 16.4. The first kappa shape index (κ1) is 17.5. The van der Waals surface area contributed by atoms with Crippen molar-refractivity contribution < 1.29 is 10.3 Å². The minimum absolute atomic E-state index is 0.0360. The highest BCUT2D eigenvalue weighted by Gasteiger charge is 2.26. The number of rotatable bonds is 9. The van der Waals surface area contributed by atoms with Crippen LogP contribution in [0.4, 0.5) is 0 Å². The predicted molar refractivity (Wildman–Crippen MR) is 85.3 cm³/mol. The Balaban J connectivity index is 2.83. The molecule has 5 N–H and O–H groups in total. The van der Waals surface area contributed by atoms with E-state index in [4.69, 9.17) is 10.9 Å². The second-order valence-electron chi connectivity index (χ2n) is 5.50. The molecule has 0 aliphatic rings. The van der Waals surface area contributed by atoms with Crippen molar-refractivity contribution >= 4 is 5.84 Å². The maximum Gasteiger partial charge on any atom is 0.141 e. The van der Waals surface area contributed by atoms with Crippen molar-refractivity contribution in [3.63, 3.8) is 0 Å². The number of amidine groups is 1. The van der Waals surface area contributed by atoms with Crippen LogP contribution < -0.4 is 11.1 Å². The monoisotopic (exact) mass is 293 g/mol. The van der Waals surface area contributed by atoms with Gasteiger partial charge in [-0.3, -0.25) is 0 Å². The van der Waals surface area contributed by atoms with Crippen LogP contribution in [0.5, 0.6) is 0 Å². The molecule has 5 nitrogen and oxygen atoms in total. The summed E-state index contributed by atoms with van der Waals surface area (Å²) in [5.41, 5.74) is 6.62. The Morgan fingerprint density at radius 3 is 2.38 bits per heavy atom. The Labute approximate surface area is 126 Å². The van der Waals surface area contributed by atoms with E-state index in [-0.39, 0.29) is 23.9 Å². The highest BCUT2D eigenvalue weighted by Crippen LogP contribution is 2.26. The standard InChI is InChI=1S/C16H27N3O2/c1-3-16(4-2,12-20)11-18-14(10-15(17)19-21)13-8-6-5-7-9-13/h5-9,14,18,20-21H,3-4,10-12H2,1-2H3,(H2,17,19). The maximum absolute atomic E-state index is 9.66. The zero-order valence-corrected chi connectivity index (χ0v) is 12.9. The SMILES string of the molecule is CCC(CC)(CO)CNC(C/C(N)=N/O)c1ccccc1. The molecule has 0 bridgehead atoms. The summed E-state index contributed by atoms with van der Waals surface area (Å²) < 4.78 is 0. The van der Waals surface area contributed by atoms with Crippen LogP contribution in [0.25, 0.3) is 0 Å². The number of nitrogens with two attached hydrogens (primary N) is 1. The fourth-order valence-electron chi connectivity index (χ4n) is 2.36. The number of benzene rings is 1. The molecule has 0 radical (unpaired) electrons. The maximum atomic E-state index is 9.66. The van der Waals surface area contributed by atoms with Crippen molar-refractivity contribution in [3.05, 3.63) is 35.9 Å². The number of aliphatic hydroxyl groups is 1. The summed E-state index contributed by atoms with van der Waals surface area (Å²) in [6, 6.07) is 9.89. The Morgan fingerprint density at radius 1 is 1.29 bits per heavy atom. The normalized spacial score (nSPS) is 14.1. The first-order valence-corrected chi connectivity index (χ1v) is 7.46. The van der Waals surface area contributed by atoms with Crippen LogP contribution in [0.1, 0.15) is 44.7 Å². The van der Waals surface area contributed by atoms with Gasteiger partial charge in [0.05, 0.1) is 0 Å². The van der Waals surface area contributed by atoms with Crippen molar-refractivity contribution in [1.29, 1.82) is 0 Å². The molecule has 0 saturated carbocycles. The smallest absolute Gasteiger partial charge is 0.141 e. The van der Waals surface area contributed by atoms with Crippen LogP contribution in [-0.2, 0) is 0 Å². The van der Waals surface area contributed by atoms with Gasteiger partial charge in [-0.15, -0.1) is 0 Å². The molecule has 1 atom stereocenters. The number of nitrogens with one attached hydrogen (secondary N) is 1. The van der Waals surface area contributed by atoms with E-state index in [1.807, 2.05) is 30.3 Å². The molecule has 0 spiro atoms. The van der Waals surface area contributed by atoms with Crippen molar-refractivity contribution in [2.75, 3.05) is 13.2 Å². The first-order valence-electron chi connectivity index (χ1n) is 7.46. The van der Waals surface area contributed by atoms with Gasteiger partial charge in [-0.2, -0.15) is 0 Å². The van der Waals surface area contributed by atoms with Crippen LogP contribution in [-0.4, -0.2) is 29.3 Å². The van der Waals surface area contributed by atoms with E-state index < -0.39 is 0 Å². The third-order valence-electron chi connectivity index (χ3n) is 4.30. The molecule has 118 valence electrons. The van der Waals surface area contributed by atoms with Gasteiger partial charge >= 0.3 is 0 Å². The molecule has 0 aliphatic heterocycles. The molecule has 0 aromatic heterocycles. The minimum atomic E-state index is -0.127. The van der Waals surface area contributed by atoms with Crippen molar-refractivity contribution in [3.8, 4) is 0 Å². The van der Waals surface area contributed by atoms with E-state index in [2.05, 4.69) is 24.3 Å². The summed E-state index contributed by atoms with van der Waals surface area (Å²) in [7, 11) is 0. The zero-order chi connectivity index (χ0) is 15.7. The summed E-state index contributed by atoms with van der Waals surface area (Å²) in [5.74, 6) is 0.193. The van der Waals surface area contributed by atoms with Crippen LogP contribution >= 0.6 is 0 Å². The van der Waals surface area contributed by atoms with E-state index in [1.54, 1.807) is 0 Å². The molecule has 5 heteroatoms. The average molecular weight is 293 g/mol. The van der Waals surface area contributed by atoms with Crippen molar-refractivity contribution in [2.45, 2.75) is 39.2 Å². The minimum Gasteiger partial charge on any atom is -0.409 e. The summed E-state index contributed by atoms with van der Waals surface area (Å²) >= 11 is 0. The molecule has 21 heavy (non-hydrogen) atoms. The lowest BCUT2D eigenvalue weighted by Crippen LogP contribution is -2.39. The molecule has 1 unspecified atom stereocenters. The third-order valence-corrected chi connectivity index (χ3v) is 4.30. The quantitative estimate of drug-likeness (QED) is 0.243. The predicted octanol–water partition coefficient (Wildman–Crippen LogP) is 2.25. The molecular formula is C16H27N3O2. The molecule has 0 saturated heterocycles. The Hall–Kier alpha value is -1.59. The lowest BCUT2D eigenvalue weighted by molar-refractivity contribution is 0.110. The second-order valence-corrected chi connectivity index (χ2v) is 5.50. The topological polar surface area (TPSA) is 90.9 Å². The molecule has 1 aromatic rings. The van der Waals surface area contributed by atoms with Crippen LogP contribution in [0, 0.1) is 5.41 Å². The highest BCUT2D eigenvalue weighted by molar-refractivity contribution is 5.80. The zero-order valence-electron chi connectivity index (χ0n) is 12.9. The summed E-state index contributed by atoms with van der Waals surface area (Å²) in [6.07, 6.45) is 2.23. The van der Waals surface area contributed by atoms with E-state index in [0.29, 0.717) is 13.0 Å². The van der Waals surface area contributed by atoms with Crippen LogP contribution in [0.15, 0.2) is 35.5 Å². The Morgan fingerprint density at radius 2 is 1.90 bits per heavy atom.